The number of benzene rings is 2. The van der Waals surface area contributed by atoms with E-state index in [1.165, 1.54) is 6.33 Å². The highest BCUT2D eigenvalue weighted by molar-refractivity contribution is 5.95. The molecular formula is C23H23N7O2. The Morgan fingerprint density at radius 3 is 2.75 bits per heavy atom. The highest BCUT2D eigenvalue weighted by Crippen LogP contribution is 2.18. The van der Waals surface area contributed by atoms with Gasteiger partial charge in [-0.1, -0.05) is 24.3 Å². The van der Waals surface area contributed by atoms with Gasteiger partial charge in [-0.2, -0.15) is 0 Å². The van der Waals surface area contributed by atoms with Gasteiger partial charge in [0.2, 0.25) is 0 Å². The summed E-state index contributed by atoms with van der Waals surface area (Å²) in [7, 11) is 3.50. The standard InChI is InChI=1S/C23H23N7O2/c1-30-21(28-29-22(30)19-10-11-24-15-27-19)14-25-18-8-5-7-16(12-18)23(31)26-13-17-6-3-4-9-20(17)32-2/h3-12,15,25H,13-14H2,1-2H3,(H,26,31). The van der Waals surface area contributed by atoms with Crippen LogP contribution in [0.15, 0.2) is 67.1 Å². The second kappa shape index (κ2) is 9.69. The number of hydrogen-bond donors (Lipinski definition) is 2. The molecule has 0 aliphatic rings. The fourth-order valence-corrected chi connectivity index (χ4v) is 3.24. The Morgan fingerprint density at radius 1 is 1.06 bits per heavy atom. The number of amides is 1. The second-order valence-electron chi connectivity index (χ2n) is 7.02. The third-order valence-electron chi connectivity index (χ3n) is 4.98. The number of carbonyl (C=O) groups is 1. The predicted molar refractivity (Wildman–Crippen MR) is 120 cm³/mol. The van der Waals surface area contributed by atoms with Crippen molar-refractivity contribution in [2.45, 2.75) is 13.1 Å². The van der Waals surface area contributed by atoms with Crippen molar-refractivity contribution in [3.05, 3.63) is 84.1 Å². The summed E-state index contributed by atoms with van der Waals surface area (Å²) in [6.45, 7) is 0.826. The zero-order valence-electron chi connectivity index (χ0n) is 17.8. The lowest BCUT2D eigenvalue weighted by atomic mass is 10.1. The molecule has 2 heterocycles. The number of ether oxygens (including phenoxy) is 1. The summed E-state index contributed by atoms with van der Waals surface area (Å²) in [5.74, 6) is 1.98. The molecule has 0 saturated carbocycles. The van der Waals surface area contributed by atoms with Crippen molar-refractivity contribution >= 4 is 11.6 Å². The summed E-state index contributed by atoms with van der Waals surface area (Å²) >= 11 is 0. The van der Waals surface area contributed by atoms with Crippen LogP contribution in [0.4, 0.5) is 5.69 Å². The van der Waals surface area contributed by atoms with Gasteiger partial charge in [-0.15, -0.1) is 10.2 Å². The Labute approximate surface area is 185 Å². The summed E-state index contributed by atoms with van der Waals surface area (Å²) < 4.78 is 7.21. The van der Waals surface area contributed by atoms with Crippen LogP contribution in [0.1, 0.15) is 21.7 Å². The normalized spacial score (nSPS) is 10.6. The molecule has 32 heavy (non-hydrogen) atoms. The van der Waals surface area contributed by atoms with E-state index in [-0.39, 0.29) is 5.91 Å². The van der Waals surface area contributed by atoms with Crippen molar-refractivity contribution in [2.24, 2.45) is 7.05 Å². The third-order valence-corrected chi connectivity index (χ3v) is 4.98. The first-order valence-corrected chi connectivity index (χ1v) is 10.0. The molecule has 0 unspecified atom stereocenters. The van der Waals surface area contributed by atoms with Gasteiger partial charge in [0.1, 0.15) is 17.8 Å². The number of anilines is 1. The average Bonchev–Trinajstić information content (AvgIpc) is 3.22. The molecule has 2 aromatic carbocycles. The molecule has 4 rings (SSSR count). The summed E-state index contributed by atoms with van der Waals surface area (Å²) in [6, 6.07) is 16.7. The molecule has 9 nitrogen and oxygen atoms in total. The van der Waals surface area contributed by atoms with E-state index in [9.17, 15) is 4.79 Å². The molecule has 0 bridgehead atoms. The smallest absolute Gasteiger partial charge is 0.251 e. The summed E-state index contributed by atoms with van der Waals surface area (Å²) in [5, 5.41) is 14.7. The van der Waals surface area contributed by atoms with E-state index in [4.69, 9.17) is 4.74 Å². The zero-order chi connectivity index (χ0) is 22.3. The molecule has 0 aliphatic heterocycles. The molecule has 1 amide bonds. The average molecular weight is 429 g/mol. The molecule has 0 aliphatic carbocycles. The molecule has 9 heteroatoms. The molecule has 2 N–H and O–H groups in total. The van der Waals surface area contributed by atoms with Crippen molar-refractivity contribution in [1.82, 2.24) is 30.0 Å². The van der Waals surface area contributed by atoms with Gasteiger partial charge in [0.15, 0.2) is 11.6 Å². The van der Waals surface area contributed by atoms with Gasteiger partial charge >= 0.3 is 0 Å². The van der Waals surface area contributed by atoms with Gasteiger partial charge in [-0.25, -0.2) is 9.97 Å². The van der Waals surface area contributed by atoms with Crippen molar-refractivity contribution in [3.8, 4) is 17.3 Å². The van der Waals surface area contributed by atoms with Gasteiger partial charge in [0.05, 0.1) is 13.7 Å². The molecule has 0 spiro atoms. The minimum absolute atomic E-state index is 0.163. The highest BCUT2D eigenvalue weighted by Gasteiger charge is 2.12. The van der Waals surface area contributed by atoms with Crippen LogP contribution in [0.3, 0.4) is 0 Å². The number of aromatic nitrogens is 5. The van der Waals surface area contributed by atoms with E-state index in [0.717, 1.165) is 22.8 Å². The van der Waals surface area contributed by atoms with Crippen LogP contribution in [0, 0.1) is 0 Å². The Kier molecular flexibility index (Phi) is 6.35. The lowest BCUT2D eigenvalue weighted by molar-refractivity contribution is 0.0950. The number of carbonyl (C=O) groups excluding carboxylic acids is 1. The van der Waals surface area contributed by atoms with E-state index in [2.05, 4.69) is 30.8 Å². The van der Waals surface area contributed by atoms with E-state index in [1.807, 2.05) is 48.0 Å². The van der Waals surface area contributed by atoms with E-state index in [0.29, 0.717) is 30.2 Å². The number of hydrogen-bond acceptors (Lipinski definition) is 7. The maximum atomic E-state index is 12.6. The quantitative estimate of drug-likeness (QED) is 0.443. The van der Waals surface area contributed by atoms with E-state index < -0.39 is 0 Å². The Hall–Kier alpha value is -4.27. The molecule has 0 radical (unpaired) electrons. The first-order valence-electron chi connectivity index (χ1n) is 10.0. The van der Waals surface area contributed by atoms with Gasteiger partial charge in [0.25, 0.3) is 5.91 Å². The van der Waals surface area contributed by atoms with Crippen molar-refractivity contribution < 1.29 is 9.53 Å². The first-order chi connectivity index (χ1) is 15.7. The summed E-state index contributed by atoms with van der Waals surface area (Å²) in [5.41, 5.74) is 2.99. The predicted octanol–water partition coefficient (Wildman–Crippen LogP) is 2.82. The minimum Gasteiger partial charge on any atom is -0.496 e. The van der Waals surface area contributed by atoms with Crippen molar-refractivity contribution in [3.63, 3.8) is 0 Å². The SMILES string of the molecule is COc1ccccc1CNC(=O)c1cccc(NCc2nnc(-c3ccncn3)n2C)c1. The molecule has 0 fully saturated rings. The maximum Gasteiger partial charge on any atom is 0.251 e. The Bertz CT molecular complexity index is 1210. The number of para-hydroxylation sites is 1. The van der Waals surface area contributed by atoms with Crippen molar-refractivity contribution in [1.29, 1.82) is 0 Å². The fraction of sp³-hybridized carbons (Fsp3) is 0.174. The van der Waals surface area contributed by atoms with Gasteiger partial charge in [-0.05, 0) is 30.3 Å². The zero-order valence-corrected chi connectivity index (χ0v) is 17.8. The molecule has 162 valence electrons. The number of nitrogens with zero attached hydrogens (tertiary/aromatic N) is 5. The van der Waals surface area contributed by atoms with Crippen LogP contribution >= 0.6 is 0 Å². The monoisotopic (exact) mass is 429 g/mol. The summed E-state index contributed by atoms with van der Waals surface area (Å²) in [4.78, 5) is 20.8. The minimum atomic E-state index is -0.163. The molecule has 0 atom stereocenters. The molecule has 4 aromatic rings. The number of methoxy groups -OCH3 is 1. The van der Waals surface area contributed by atoms with Crippen LogP contribution in [0.2, 0.25) is 0 Å². The summed E-state index contributed by atoms with van der Waals surface area (Å²) in [6.07, 6.45) is 3.14. The van der Waals surface area contributed by atoms with Crippen LogP contribution in [-0.2, 0) is 20.1 Å². The van der Waals surface area contributed by atoms with E-state index >= 15 is 0 Å². The molecular weight excluding hydrogens is 406 g/mol. The van der Waals surface area contributed by atoms with Crippen LogP contribution in [0.25, 0.3) is 11.5 Å². The van der Waals surface area contributed by atoms with Crippen LogP contribution in [0.5, 0.6) is 5.75 Å². The number of nitrogens with one attached hydrogen (secondary N) is 2. The maximum absolute atomic E-state index is 12.6. The second-order valence-corrected chi connectivity index (χ2v) is 7.02. The van der Waals surface area contributed by atoms with E-state index in [1.54, 1.807) is 31.5 Å². The third kappa shape index (κ3) is 4.72. The van der Waals surface area contributed by atoms with Gasteiger partial charge in [-0.3, -0.25) is 4.79 Å². The van der Waals surface area contributed by atoms with Gasteiger partial charge < -0.3 is 19.9 Å². The fourth-order valence-electron chi connectivity index (χ4n) is 3.24. The van der Waals surface area contributed by atoms with Crippen LogP contribution in [-0.4, -0.2) is 37.7 Å². The Morgan fingerprint density at radius 2 is 1.94 bits per heavy atom. The topological polar surface area (TPSA) is 107 Å². The highest BCUT2D eigenvalue weighted by atomic mass is 16.5. The first kappa shape index (κ1) is 21.0. The van der Waals surface area contributed by atoms with Crippen molar-refractivity contribution in [2.75, 3.05) is 12.4 Å². The van der Waals surface area contributed by atoms with Gasteiger partial charge in [0, 0.05) is 36.6 Å². The lowest BCUT2D eigenvalue weighted by Crippen LogP contribution is -2.23. The van der Waals surface area contributed by atoms with Crippen LogP contribution < -0.4 is 15.4 Å². The molecule has 0 saturated heterocycles. The largest absolute Gasteiger partial charge is 0.496 e. The molecule has 2 aromatic heterocycles. The Balaban J connectivity index is 1.39. The lowest BCUT2D eigenvalue weighted by Gasteiger charge is -2.11. The number of rotatable bonds is 8.